The van der Waals surface area contributed by atoms with Gasteiger partial charge in [0, 0.05) is 6.04 Å². The van der Waals surface area contributed by atoms with E-state index in [-0.39, 0.29) is 6.04 Å². The quantitative estimate of drug-likeness (QED) is 0.711. The molecular formula is C19H19N. The second kappa shape index (κ2) is 5.48. The normalized spacial score (nSPS) is 12.5. The van der Waals surface area contributed by atoms with E-state index >= 15 is 0 Å². The van der Waals surface area contributed by atoms with Crippen LogP contribution in [0.3, 0.4) is 0 Å². The van der Waals surface area contributed by atoms with Crippen LogP contribution in [-0.2, 0) is 0 Å². The maximum atomic E-state index is 6.07. The molecule has 0 bridgehead atoms. The third kappa shape index (κ3) is 2.33. The van der Waals surface area contributed by atoms with Crippen LogP contribution in [-0.4, -0.2) is 0 Å². The van der Waals surface area contributed by atoms with Gasteiger partial charge in [-0.1, -0.05) is 73.7 Å². The third-order valence-corrected chi connectivity index (χ3v) is 3.88. The summed E-state index contributed by atoms with van der Waals surface area (Å²) >= 11 is 0. The summed E-state index contributed by atoms with van der Waals surface area (Å²) < 4.78 is 0. The highest BCUT2D eigenvalue weighted by molar-refractivity contribution is 5.96. The molecule has 3 aromatic rings. The molecule has 1 atom stereocenters. The fraction of sp³-hybridized carbons (Fsp3) is 0.158. The summed E-state index contributed by atoms with van der Waals surface area (Å²) in [5.74, 6) is 0. The van der Waals surface area contributed by atoms with Gasteiger partial charge in [0.25, 0.3) is 0 Å². The molecule has 1 heteroatoms. The Morgan fingerprint density at radius 3 is 2.30 bits per heavy atom. The lowest BCUT2D eigenvalue weighted by Gasteiger charge is -2.11. The molecule has 0 aliphatic rings. The first-order valence-corrected chi connectivity index (χ1v) is 7.13. The van der Waals surface area contributed by atoms with Crippen LogP contribution in [0.15, 0.2) is 66.7 Å². The van der Waals surface area contributed by atoms with Crippen molar-refractivity contribution in [2.75, 3.05) is 0 Å². The zero-order chi connectivity index (χ0) is 13.9. The second-order valence-electron chi connectivity index (χ2n) is 5.16. The first kappa shape index (κ1) is 12.9. The Hall–Kier alpha value is -2.12. The van der Waals surface area contributed by atoms with E-state index in [4.69, 9.17) is 5.73 Å². The van der Waals surface area contributed by atoms with Crippen LogP contribution in [0.5, 0.6) is 0 Å². The Balaban J connectivity index is 2.07. The molecule has 0 spiro atoms. The van der Waals surface area contributed by atoms with Gasteiger partial charge in [-0.05, 0) is 33.9 Å². The molecule has 20 heavy (non-hydrogen) atoms. The SMILES string of the molecule is CCC(N)c1ccc(-c2cccc3ccccc23)cc1. The lowest BCUT2D eigenvalue weighted by molar-refractivity contribution is 0.699. The largest absolute Gasteiger partial charge is 0.324 e. The Morgan fingerprint density at radius 2 is 1.55 bits per heavy atom. The molecule has 1 nitrogen and oxygen atoms in total. The molecule has 0 aromatic heterocycles. The van der Waals surface area contributed by atoms with Crippen molar-refractivity contribution in [1.29, 1.82) is 0 Å². The minimum atomic E-state index is 0.136. The van der Waals surface area contributed by atoms with E-state index in [0.29, 0.717) is 0 Å². The van der Waals surface area contributed by atoms with E-state index in [9.17, 15) is 0 Å². The highest BCUT2D eigenvalue weighted by atomic mass is 14.6. The molecule has 1 unspecified atom stereocenters. The highest BCUT2D eigenvalue weighted by Crippen LogP contribution is 2.29. The van der Waals surface area contributed by atoms with E-state index in [0.717, 1.165) is 6.42 Å². The van der Waals surface area contributed by atoms with Crippen molar-refractivity contribution in [3.05, 3.63) is 72.3 Å². The average Bonchev–Trinajstić information content (AvgIpc) is 2.54. The van der Waals surface area contributed by atoms with Gasteiger partial charge in [-0.15, -0.1) is 0 Å². The summed E-state index contributed by atoms with van der Waals surface area (Å²) in [4.78, 5) is 0. The van der Waals surface area contributed by atoms with Crippen LogP contribution in [0.25, 0.3) is 21.9 Å². The number of fused-ring (bicyclic) bond motifs is 1. The van der Waals surface area contributed by atoms with Gasteiger partial charge in [0.1, 0.15) is 0 Å². The van der Waals surface area contributed by atoms with Gasteiger partial charge in [-0.3, -0.25) is 0 Å². The zero-order valence-corrected chi connectivity index (χ0v) is 11.7. The Kier molecular flexibility index (Phi) is 3.53. The molecule has 0 saturated heterocycles. The molecule has 100 valence electrons. The molecular weight excluding hydrogens is 242 g/mol. The van der Waals surface area contributed by atoms with E-state index in [1.807, 2.05) is 0 Å². The fourth-order valence-corrected chi connectivity index (χ4v) is 2.62. The van der Waals surface area contributed by atoms with E-state index < -0.39 is 0 Å². The van der Waals surface area contributed by atoms with Crippen molar-refractivity contribution in [2.24, 2.45) is 5.73 Å². The smallest absolute Gasteiger partial charge is 0.0292 e. The average molecular weight is 261 g/mol. The summed E-state index contributed by atoms with van der Waals surface area (Å²) in [5.41, 5.74) is 9.80. The molecule has 3 aromatic carbocycles. The van der Waals surface area contributed by atoms with E-state index in [1.54, 1.807) is 0 Å². The predicted molar refractivity (Wildman–Crippen MR) is 86.6 cm³/mol. The van der Waals surface area contributed by atoms with Gasteiger partial charge in [-0.2, -0.15) is 0 Å². The Labute approximate surface area is 120 Å². The lowest BCUT2D eigenvalue weighted by Crippen LogP contribution is -2.08. The predicted octanol–water partition coefficient (Wildman–Crippen LogP) is 4.92. The first-order valence-electron chi connectivity index (χ1n) is 7.13. The lowest BCUT2D eigenvalue weighted by atomic mass is 9.96. The Morgan fingerprint density at radius 1 is 0.850 bits per heavy atom. The zero-order valence-electron chi connectivity index (χ0n) is 11.7. The minimum Gasteiger partial charge on any atom is -0.324 e. The molecule has 3 rings (SSSR count). The van der Waals surface area contributed by atoms with Crippen LogP contribution in [0.2, 0.25) is 0 Å². The van der Waals surface area contributed by atoms with Crippen LogP contribution >= 0.6 is 0 Å². The summed E-state index contributed by atoms with van der Waals surface area (Å²) in [6.07, 6.45) is 0.966. The third-order valence-electron chi connectivity index (χ3n) is 3.88. The maximum Gasteiger partial charge on any atom is 0.0292 e. The summed E-state index contributed by atoms with van der Waals surface area (Å²) in [6, 6.07) is 23.7. The van der Waals surface area contributed by atoms with Crippen molar-refractivity contribution >= 4 is 10.8 Å². The van der Waals surface area contributed by atoms with Gasteiger partial charge in [0.05, 0.1) is 0 Å². The summed E-state index contributed by atoms with van der Waals surface area (Å²) in [7, 11) is 0. The standard InChI is InChI=1S/C19H19N/c1-2-19(20)16-12-10-15(11-13-16)18-9-5-7-14-6-3-4-8-17(14)18/h3-13,19H,2,20H2,1H3. The maximum absolute atomic E-state index is 6.07. The number of hydrogen-bond donors (Lipinski definition) is 1. The molecule has 2 N–H and O–H groups in total. The van der Waals surface area contributed by atoms with Crippen LogP contribution < -0.4 is 5.73 Å². The van der Waals surface area contributed by atoms with Gasteiger partial charge >= 0.3 is 0 Å². The fourth-order valence-electron chi connectivity index (χ4n) is 2.62. The van der Waals surface area contributed by atoms with E-state index in [2.05, 4.69) is 73.7 Å². The molecule has 0 saturated carbocycles. The second-order valence-corrected chi connectivity index (χ2v) is 5.16. The van der Waals surface area contributed by atoms with Gasteiger partial charge in [0.15, 0.2) is 0 Å². The van der Waals surface area contributed by atoms with Crippen LogP contribution in [0.1, 0.15) is 24.9 Å². The minimum absolute atomic E-state index is 0.136. The Bertz CT molecular complexity index is 708. The van der Waals surface area contributed by atoms with Gasteiger partial charge < -0.3 is 5.73 Å². The molecule has 0 radical (unpaired) electrons. The van der Waals surface area contributed by atoms with E-state index in [1.165, 1.54) is 27.5 Å². The van der Waals surface area contributed by atoms with Crippen molar-refractivity contribution in [3.63, 3.8) is 0 Å². The van der Waals surface area contributed by atoms with Gasteiger partial charge in [-0.25, -0.2) is 0 Å². The molecule has 0 aliphatic heterocycles. The summed E-state index contributed by atoms with van der Waals surface area (Å²) in [5, 5.41) is 2.57. The monoisotopic (exact) mass is 261 g/mol. The molecule has 0 amide bonds. The number of hydrogen-bond acceptors (Lipinski definition) is 1. The van der Waals surface area contributed by atoms with Crippen LogP contribution in [0.4, 0.5) is 0 Å². The highest BCUT2D eigenvalue weighted by Gasteiger charge is 2.06. The van der Waals surface area contributed by atoms with Crippen LogP contribution in [0, 0.1) is 0 Å². The number of benzene rings is 3. The van der Waals surface area contributed by atoms with Crippen molar-refractivity contribution in [1.82, 2.24) is 0 Å². The first-order chi connectivity index (χ1) is 9.79. The molecule has 0 heterocycles. The van der Waals surface area contributed by atoms with Gasteiger partial charge in [0.2, 0.25) is 0 Å². The van der Waals surface area contributed by atoms with Crippen molar-refractivity contribution in [3.8, 4) is 11.1 Å². The molecule has 0 fully saturated rings. The number of rotatable bonds is 3. The summed E-state index contributed by atoms with van der Waals surface area (Å²) in [6.45, 7) is 2.11. The molecule has 0 aliphatic carbocycles. The number of nitrogens with two attached hydrogens (primary N) is 1. The topological polar surface area (TPSA) is 26.0 Å². The van der Waals surface area contributed by atoms with Crippen molar-refractivity contribution in [2.45, 2.75) is 19.4 Å². The van der Waals surface area contributed by atoms with Crippen molar-refractivity contribution < 1.29 is 0 Å².